The van der Waals surface area contributed by atoms with E-state index in [1.807, 2.05) is 20.8 Å². The molecule has 0 aliphatic carbocycles. The van der Waals surface area contributed by atoms with Crippen LogP contribution in [0.4, 0.5) is 0 Å². The number of hydrogen-bond acceptors (Lipinski definition) is 5. The van der Waals surface area contributed by atoms with Crippen LogP contribution in [0.2, 0.25) is 0 Å². The first-order valence-electron chi connectivity index (χ1n) is 9.37. The predicted octanol–water partition coefficient (Wildman–Crippen LogP) is 3.47. The second-order valence-electron chi connectivity index (χ2n) is 6.40. The first kappa shape index (κ1) is 28.6. The molecule has 0 saturated heterocycles. The zero-order valence-corrected chi connectivity index (χ0v) is 17.9. The third-order valence-electron chi connectivity index (χ3n) is 2.77. The molecule has 0 heterocycles. The summed E-state index contributed by atoms with van der Waals surface area (Å²) in [5, 5.41) is 6.62. The first-order valence-corrected chi connectivity index (χ1v) is 9.37. The molecule has 0 aromatic carbocycles. The Hall–Kier alpha value is -0.200. The lowest BCUT2D eigenvalue weighted by atomic mass is 10.3. The van der Waals surface area contributed by atoms with Crippen LogP contribution in [-0.4, -0.2) is 65.3 Å². The molecule has 0 bridgehead atoms. The van der Waals surface area contributed by atoms with Crippen LogP contribution in [-0.2, 0) is 14.2 Å². The molecule has 0 unspecified atom stereocenters. The van der Waals surface area contributed by atoms with E-state index in [-0.39, 0.29) is 0 Å². The lowest BCUT2D eigenvalue weighted by Crippen LogP contribution is -2.24. The highest BCUT2D eigenvalue weighted by molar-refractivity contribution is 4.52. The van der Waals surface area contributed by atoms with Crippen molar-refractivity contribution in [3.05, 3.63) is 0 Å². The van der Waals surface area contributed by atoms with Crippen LogP contribution in [0, 0.1) is 0 Å². The standard InChI is InChI=1S/C8H19NO.C7H17NO.C4H10O/c1-4-10-7-5-6-9-8(2)3;1-7(2)8-5-4-6-9-3;1-4(2)5-3/h8-9H,4-7H2,1-3H3;7-8H,4-6H2,1-3H3;4H,1-3H3. The topological polar surface area (TPSA) is 51.8 Å². The average molecular weight is 351 g/mol. The summed E-state index contributed by atoms with van der Waals surface area (Å²) in [6.45, 7) is 19.3. The SMILES string of the molecule is CCOCCCNC(C)C.COC(C)C.COCCCNC(C)C. The fourth-order valence-corrected chi connectivity index (χ4v) is 1.32. The van der Waals surface area contributed by atoms with E-state index < -0.39 is 0 Å². The summed E-state index contributed by atoms with van der Waals surface area (Å²) in [5.41, 5.74) is 0. The van der Waals surface area contributed by atoms with Crippen molar-refractivity contribution in [1.29, 1.82) is 0 Å². The maximum atomic E-state index is 5.18. The highest BCUT2D eigenvalue weighted by Gasteiger charge is 1.90. The summed E-state index contributed by atoms with van der Waals surface area (Å²) < 4.78 is 14.8. The second kappa shape index (κ2) is 25.0. The van der Waals surface area contributed by atoms with Gasteiger partial charge >= 0.3 is 0 Å². The van der Waals surface area contributed by atoms with E-state index in [0.29, 0.717) is 18.2 Å². The average Bonchev–Trinajstić information content (AvgIpc) is 2.52. The van der Waals surface area contributed by atoms with Crippen molar-refractivity contribution in [1.82, 2.24) is 10.6 Å². The summed E-state index contributed by atoms with van der Waals surface area (Å²) in [4.78, 5) is 0. The van der Waals surface area contributed by atoms with E-state index in [1.165, 1.54) is 0 Å². The van der Waals surface area contributed by atoms with Crippen molar-refractivity contribution in [2.45, 2.75) is 79.5 Å². The van der Waals surface area contributed by atoms with Gasteiger partial charge in [-0.05, 0) is 46.7 Å². The zero-order valence-electron chi connectivity index (χ0n) is 17.9. The third kappa shape index (κ3) is 43.1. The van der Waals surface area contributed by atoms with Gasteiger partial charge in [0.15, 0.2) is 0 Å². The molecule has 0 fully saturated rings. The molecule has 0 aromatic heterocycles. The van der Waals surface area contributed by atoms with Gasteiger partial charge in [-0.15, -0.1) is 0 Å². The van der Waals surface area contributed by atoms with Crippen molar-refractivity contribution in [3.63, 3.8) is 0 Å². The molecular formula is C19H46N2O3. The van der Waals surface area contributed by atoms with Gasteiger partial charge in [-0.25, -0.2) is 0 Å². The summed E-state index contributed by atoms with van der Waals surface area (Å²) in [5.74, 6) is 0. The molecule has 0 rings (SSSR count). The number of hydrogen-bond donors (Lipinski definition) is 2. The molecule has 0 aromatic rings. The molecule has 0 aliphatic rings. The Morgan fingerprint density at radius 3 is 1.46 bits per heavy atom. The Kier molecular flexibility index (Phi) is 29.8. The van der Waals surface area contributed by atoms with Crippen molar-refractivity contribution in [2.24, 2.45) is 0 Å². The largest absolute Gasteiger partial charge is 0.385 e. The van der Waals surface area contributed by atoms with Crippen molar-refractivity contribution in [3.8, 4) is 0 Å². The Morgan fingerprint density at radius 1 is 0.750 bits per heavy atom. The minimum absolute atomic E-state index is 0.384. The number of nitrogens with one attached hydrogen (secondary N) is 2. The van der Waals surface area contributed by atoms with E-state index >= 15 is 0 Å². The summed E-state index contributed by atoms with van der Waals surface area (Å²) in [6.07, 6.45) is 2.61. The number of rotatable bonds is 12. The lowest BCUT2D eigenvalue weighted by molar-refractivity contribution is 0.134. The second-order valence-corrected chi connectivity index (χ2v) is 6.40. The van der Waals surface area contributed by atoms with E-state index in [2.05, 4.69) is 38.3 Å². The number of methoxy groups -OCH3 is 2. The number of ether oxygens (including phenoxy) is 3. The lowest BCUT2D eigenvalue weighted by Gasteiger charge is -2.06. The van der Waals surface area contributed by atoms with E-state index in [9.17, 15) is 0 Å². The normalized spacial score (nSPS) is 10.5. The van der Waals surface area contributed by atoms with Gasteiger partial charge in [0.05, 0.1) is 6.10 Å². The minimum Gasteiger partial charge on any atom is -0.385 e. The van der Waals surface area contributed by atoms with Crippen LogP contribution >= 0.6 is 0 Å². The van der Waals surface area contributed by atoms with Gasteiger partial charge in [0.1, 0.15) is 0 Å². The third-order valence-corrected chi connectivity index (χ3v) is 2.77. The molecule has 2 N–H and O–H groups in total. The van der Waals surface area contributed by atoms with Crippen LogP contribution in [0.25, 0.3) is 0 Å². The maximum absolute atomic E-state index is 5.18. The molecule has 0 amide bonds. The van der Waals surface area contributed by atoms with E-state index in [0.717, 1.165) is 45.8 Å². The van der Waals surface area contributed by atoms with Gasteiger partial charge in [0.25, 0.3) is 0 Å². The zero-order chi connectivity index (χ0) is 19.2. The molecule has 0 radical (unpaired) electrons. The van der Waals surface area contributed by atoms with E-state index in [1.54, 1.807) is 14.2 Å². The Labute approximate surface area is 152 Å². The van der Waals surface area contributed by atoms with Gasteiger partial charge in [-0.1, -0.05) is 27.7 Å². The summed E-state index contributed by atoms with van der Waals surface area (Å²) >= 11 is 0. The monoisotopic (exact) mass is 350 g/mol. The predicted molar refractivity (Wildman–Crippen MR) is 106 cm³/mol. The van der Waals surface area contributed by atoms with Gasteiger partial charge in [-0.2, -0.15) is 0 Å². The quantitative estimate of drug-likeness (QED) is 0.528. The smallest absolute Gasteiger partial charge is 0.0515 e. The fraction of sp³-hybridized carbons (Fsp3) is 1.00. The van der Waals surface area contributed by atoms with Crippen LogP contribution < -0.4 is 10.6 Å². The molecule has 5 nitrogen and oxygen atoms in total. The van der Waals surface area contributed by atoms with Gasteiger partial charge < -0.3 is 24.8 Å². The highest BCUT2D eigenvalue weighted by Crippen LogP contribution is 1.82. The Balaban J connectivity index is -0.000000291. The van der Waals surface area contributed by atoms with Gasteiger partial charge in [0.2, 0.25) is 0 Å². The Bertz CT molecular complexity index is 201. The van der Waals surface area contributed by atoms with Crippen molar-refractivity contribution >= 4 is 0 Å². The minimum atomic E-state index is 0.384. The molecule has 5 heteroatoms. The highest BCUT2D eigenvalue weighted by atomic mass is 16.5. The Morgan fingerprint density at radius 2 is 1.17 bits per heavy atom. The molecule has 0 atom stereocenters. The fourth-order valence-electron chi connectivity index (χ4n) is 1.32. The molecule has 150 valence electrons. The van der Waals surface area contributed by atoms with Crippen LogP contribution in [0.3, 0.4) is 0 Å². The first-order chi connectivity index (χ1) is 11.3. The summed E-state index contributed by atoms with van der Waals surface area (Å²) in [7, 11) is 3.43. The molecule has 0 spiro atoms. The van der Waals surface area contributed by atoms with Crippen molar-refractivity contribution < 1.29 is 14.2 Å². The maximum Gasteiger partial charge on any atom is 0.0515 e. The van der Waals surface area contributed by atoms with Crippen LogP contribution in [0.1, 0.15) is 61.3 Å². The molecule has 0 saturated carbocycles. The van der Waals surface area contributed by atoms with Crippen LogP contribution in [0.5, 0.6) is 0 Å². The van der Waals surface area contributed by atoms with Crippen LogP contribution in [0.15, 0.2) is 0 Å². The molecule has 0 aliphatic heterocycles. The molecular weight excluding hydrogens is 304 g/mol. The molecule has 24 heavy (non-hydrogen) atoms. The van der Waals surface area contributed by atoms with Gasteiger partial charge in [-0.3, -0.25) is 0 Å². The van der Waals surface area contributed by atoms with Gasteiger partial charge in [0, 0.05) is 46.1 Å². The van der Waals surface area contributed by atoms with E-state index in [4.69, 9.17) is 14.2 Å². The van der Waals surface area contributed by atoms with Crippen molar-refractivity contribution in [2.75, 3.05) is 47.1 Å². The summed E-state index contributed by atoms with van der Waals surface area (Å²) in [6, 6.07) is 1.20.